The Morgan fingerprint density at radius 1 is 1.19 bits per heavy atom. The maximum Gasteiger partial charge on any atom is 0.315 e. The summed E-state index contributed by atoms with van der Waals surface area (Å²) in [6.07, 6.45) is 3.73. The summed E-state index contributed by atoms with van der Waals surface area (Å²) < 4.78 is 22.4. The second-order valence-electron chi connectivity index (χ2n) is 8.19. The summed E-state index contributed by atoms with van der Waals surface area (Å²) in [7, 11) is 3.13. The van der Waals surface area contributed by atoms with E-state index in [1.54, 1.807) is 20.3 Å². The van der Waals surface area contributed by atoms with Crippen molar-refractivity contribution >= 4 is 17.5 Å². The third-order valence-electron chi connectivity index (χ3n) is 6.29. The molecule has 0 bridgehead atoms. The number of hydrogen-bond donors (Lipinski definition) is 0. The molecule has 0 aromatic heterocycles. The molecule has 0 radical (unpaired) electrons. The minimum Gasteiger partial charge on any atom is -0.493 e. The maximum absolute atomic E-state index is 13.3. The van der Waals surface area contributed by atoms with Crippen LogP contribution in [0.3, 0.4) is 0 Å². The molecule has 1 aliphatic carbocycles. The molecule has 0 spiro atoms. The number of allylic oxidation sites excluding steroid dienone is 2. The van der Waals surface area contributed by atoms with Crippen molar-refractivity contribution in [3.05, 3.63) is 35.0 Å². The van der Waals surface area contributed by atoms with E-state index in [4.69, 9.17) is 18.9 Å². The predicted molar refractivity (Wildman–Crippen MR) is 115 cm³/mol. The van der Waals surface area contributed by atoms with E-state index in [-0.39, 0.29) is 18.5 Å². The fourth-order valence-corrected chi connectivity index (χ4v) is 4.85. The molecule has 1 unspecified atom stereocenters. The lowest BCUT2D eigenvalue weighted by molar-refractivity contribution is -0.149. The van der Waals surface area contributed by atoms with Gasteiger partial charge in [-0.2, -0.15) is 0 Å². The van der Waals surface area contributed by atoms with E-state index in [0.29, 0.717) is 35.8 Å². The number of ether oxygens (including phenoxy) is 4. The summed E-state index contributed by atoms with van der Waals surface area (Å²) in [5, 5.41) is 0. The van der Waals surface area contributed by atoms with Crippen LogP contribution in [0, 0.1) is 5.92 Å². The molecule has 4 rings (SSSR count). The van der Waals surface area contributed by atoms with Crippen LogP contribution in [0.2, 0.25) is 0 Å². The van der Waals surface area contributed by atoms with Crippen LogP contribution in [0.5, 0.6) is 11.5 Å². The molecule has 1 fully saturated rings. The first kappa shape index (κ1) is 21.6. The molecule has 7 nitrogen and oxygen atoms in total. The molecule has 3 atom stereocenters. The number of benzene rings is 1. The van der Waals surface area contributed by atoms with E-state index in [1.807, 2.05) is 19.1 Å². The third kappa shape index (κ3) is 4.11. The highest BCUT2D eigenvalue weighted by Crippen LogP contribution is 2.48. The van der Waals surface area contributed by atoms with Gasteiger partial charge in [-0.05, 0) is 38.7 Å². The summed E-state index contributed by atoms with van der Waals surface area (Å²) in [5.74, 6) is -0.518. The van der Waals surface area contributed by atoms with Crippen LogP contribution in [0.4, 0.5) is 0 Å². The fraction of sp³-hybridized carbons (Fsp3) is 0.542. The van der Waals surface area contributed by atoms with Crippen LogP contribution >= 0.6 is 0 Å². The van der Waals surface area contributed by atoms with Crippen molar-refractivity contribution in [1.29, 1.82) is 0 Å². The van der Waals surface area contributed by atoms with Crippen molar-refractivity contribution in [3.8, 4) is 11.5 Å². The Morgan fingerprint density at radius 2 is 2.03 bits per heavy atom. The minimum absolute atomic E-state index is 0.0318. The summed E-state index contributed by atoms with van der Waals surface area (Å²) >= 11 is 0. The summed E-state index contributed by atoms with van der Waals surface area (Å²) in [4.78, 5) is 31.0. The van der Waals surface area contributed by atoms with Crippen molar-refractivity contribution in [3.63, 3.8) is 0 Å². The van der Waals surface area contributed by atoms with Gasteiger partial charge in [-0.15, -0.1) is 0 Å². The summed E-state index contributed by atoms with van der Waals surface area (Å²) in [6.45, 7) is 2.74. The molecule has 31 heavy (non-hydrogen) atoms. The number of ketones is 1. The SMILES string of the molecule is COc1cccc([C@@H]2C3=C(CCCC3=O)N=C(C)C2C(=O)OC[C@@H]2CCCO2)c1OC. The Balaban J connectivity index is 1.76. The molecule has 0 N–H and O–H groups in total. The number of hydrogen-bond acceptors (Lipinski definition) is 7. The molecule has 166 valence electrons. The lowest BCUT2D eigenvalue weighted by Crippen LogP contribution is -2.38. The minimum atomic E-state index is -0.705. The van der Waals surface area contributed by atoms with Crippen molar-refractivity contribution < 1.29 is 28.5 Å². The van der Waals surface area contributed by atoms with Gasteiger partial charge in [0.05, 0.1) is 20.3 Å². The van der Waals surface area contributed by atoms with Gasteiger partial charge >= 0.3 is 5.97 Å². The van der Waals surface area contributed by atoms with Crippen LogP contribution in [0.25, 0.3) is 0 Å². The zero-order chi connectivity index (χ0) is 22.0. The van der Waals surface area contributed by atoms with E-state index >= 15 is 0 Å². The lowest BCUT2D eigenvalue weighted by Gasteiger charge is -2.35. The van der Waals surface area contributed by atoms with Crippen LogP contribution in [0.1, 0.15) is 50.5 Å². The molecule has 2 heterocycles. The second-order valence-corrected chi connectivity index (χ2v) is 8.19. The van der Waals surface area contributed by atoms with Crippen molar-refractivity contribution in [2.45, 2.75) is 51.0 Å². The number of Topliss-reactive ketones (excluding diaryl/α,β-unsaturated/α-hetero) is 1. The average molecular weight is 427 g/mol. The largest absolute Gasteiger partial charge is 0.493 e. The lowest BCUT2D eigenvalue weighted by atomic mass is 9.71. The Hall–Kier alpha value is -2.67. The predicted octanol–water partition coefficient (Wildman–Crippen LogP) is 3.61. The normalized spacial score (nSPS) is 25.7. The summed E-state index contributed by atoms with van der Waals surface area (Å²) in [6, 6.07) is 5.53. The average Bonchev–Trinajstić information content (AvgIpc) is 3.29. The number of methoxy groups -OCH3 is 2. The molecule has 0 amide bonds. The van der Waals surface area contributed by atoms with E-state index < -0.39 is 17.8 Å². The third-order valence-corrected chi connectivity index (χ3v) is 6.29. The van der Waals surface area contributed by atoms with Crippen molar-refractivity contribution in [1.82, 2.24) is 0 Å². The van der Waals surface area contributed by atoms with E-state index in [1.165, 1.54) is 0 Å². The molecular weight excluding hydrogens is 398 g/mol. The number of esters is 1. The Morgan fingerprint density at radius 3 is 2.74 bits per heavy atom. The van der Waals surface area contributed by atoms with Crippen LogP contribution < -0.4 is 9.47 Å². The first-order valence-electron chi connectivity index (χ1n) is 10.9. The zero-order valence-corrected chi connectivity index (χ0v) is 18.3. The van der Waals surface area contributed by atoms with Gasteiger partial charge in [0.1, 0.15) is 12.5 Å². The van der Waals surface area contributed by atoms with Gasteiger partial charge in [0, 0.05) is 41.5 Å². The standard InChI is InChI=1S/C24H29NO6/c1-14-20(24(27)31-13-15-7-6-12-30-15)21(22-17(25-14)9-5-10-18(22)26)16-8-4-11-19(28-2)23(16)29-3/h4,8,11,15,20-21H,5-7,9-10,12-13H2,1-3H3/t15-,20?,21-/m0/s1. The van der Waals surface area contributed by atoms with Gasteiger partial charge in [-0.25, -0.2) is 0 Å². The van der Waals surface area contributed by atoms with Gasteiger partial charge in [-0.1, -0.05) is 12.1 Å². The van der Waals surface area contributed by atoms with Crippen LogP contribution in [-0.4, -0.2) is 51.0 Å². The smallest absolute Gasteiger partial charge is 0.315 e. The van der Waals surface area contributed by atoms with Crippen molar-refractivity contribution in [2.24, 2.45) is 10.9 Å². The van der Waals surface area contributed by atoms with E-state index in [0.717, 1.165) is 36.9 Å². The number of para-hydroxylation sites is 1. The number of aliphatic imine (C=N–C) groups is 1. The topological polar surface area (TPSA) is 83.4 Å². The Bertz CT molecular complexity index is 928. The molecule has 1 saturated heterocycles. The highest BCUT2D eigenvalue weighted by Gasteiger charge is 2.44. The van der Waals surface area contributed by atoms with Gasteiger partial charge in [0.15, 0.2) is 17.3 Å². The molecular formula is C24H29NO6. The van der Waals surface area contributed by atoms with E-state index in [9.17, 15) is 9.59 Å². The highest BCUT2D eigenvalue weighted by atomic mass is 16.6. The summed E-state index contributed by atoms with van der Waals surface area (Å²) in [5.41, 5.74) is 2.76. The Labute approximate surface area is 182 Å². The number of rotatable bonds is 6. The van der Waals surface area contributed by atoms with E-state index in [2.05, 4.69) is 4.99 Å². The molecule has 1 aromatic rings. The van der Waals surface area contributed by atoms with Crippen LogP contribution in [-0.2, 0) is 19.1 Å². The molecule has 1 aromatic carbocycles. The highest BCUT2D eigenvalue weighted by molar-refractivity contribution is 6.09. The fourth-order valence-electron chi connectivity index (χ4n) is 4.85. The second kappa shape index (κ2) is 9.22. The van der Waals surface area contributed by atoms with Gasteiger partial charge in [-0.3, -0.25) is 14.6 Å². The number of carbonyl (C=O) groups excluding carboxylic acids is 2. The zero-order valence-electron chi connectivity index (χ0n) is 18.3. The van der Waals surface area contributed by atoms with Crippen molar-refractivity contribution in [2.75, 3.05) is 27.4 Å². The Kier molecular flexibility index (Phi) is 6.41. The monoisotopic (exact) mass is 427 g/mol. The molecule has 2 aliphatic heterocycles. The number of carbonyl (C=O) groups is 2. The molecule has 3 aliphatic rings. The quantitative estimate of drug-likeness (QED) is 0.645. The van der Waals surface area contributed by atoms with Gasteiger partial charge in [0.25, 0.3) is 0 Å². The van der Waals surface area contributed by atoms with Gasteiger partial charge in [0.2, 0.25) is 0 Å². The van der Waals surface area contributed by atoms with Crippen LogP contribution in [0.15, 0.2) is 34.5 Å². The number of nitrogens with zero attached hydrogens (tertiary/aromatic N) is 1. The molecule has 0 saturated carbocycles. The van der Waals surface area contributed by atoms with Gasteiger partial charge < -0.3 is 18.9 Å². The first-order chi connectivity index (χ1) is 15.0. The molecule has 7 heteroatoms. The first-order valence-corrected chi connectivity index (χ1v) is 10.9. The maximum atomic E-state index is 13.3.